The topological polar surface area (TPSA) is 85.2 Å². The van der Waals surface area contributed by atoms with Gasteiger partial charge in [0.05, 0.1) is 6.26 Å². The summed E-state index contributed by atoms with van der Waals surface area (Å²) in [5.74, 6) is -0.841. The first kappa shape index (κ1) is 18.0. The molecule has 0 atom stereocenters. The summed E-state index contributed by atoms with van der Waals surface area (Å²) < 4.78 is 12.0. The highest BCUT2D eigenvalue weighted by atomic mass is 16.5. The highest BCUT2D eigenvalue weighted by Crippen LogP contribution is 2.16. The van der Waals surface area contributed by atoms with Crippen LogP contribution in [0.15, 0.2) is 47.1 Å². The number of esters is 1. The molecule has 0 unspecified atom stereocenters. The summed E-state index contributed by atoms with van der Waals surface area (Å²) in [4.78, 5) is 24.3. The zero-order valence-corrected chi connectivity index (χ0v) is 14.1. The van der Waals surface area contributed by atoms with Crippen LogP contribution in [0.4, 0.5) is 0 Å². The first-order chi connectivity index (χ1) is 12.0. The van der Waals surface area contributed by atoms with Crippen molar-refractivity contribution < 1.29 is 18.7 Å². The third kappa shape index (κ3) is 4.15. The van der Waals surface area contributed by atoms with Crippen LogP contribution in [0, 0.1) is 25.2 Å². The lowest BCUT2D eigenvalue weighted by Crippen LogP contribution is -2.16. The van der Waals surface area contributed by atoms with Crippen LogP contribution in [-0.2, 0) is 16.1 Å². The molecule has 0 saturated heterocycles. The average Bonchev–Trinajstić information content (AvgIpc) is 3.20. The van der Waals surface area contributed by atoms with Crippen molar-refractivity contribution in [3.8, 4) is 6.07 Å². The Kier molecular flexibility index (Phi) is 5.75. The van der Waals surface area contributed by atoms with E-state index >= 15 is 0 Å². The molecule has 6 heteroatoms. The van der Waals surface area contributed by atoms with E-state index in [0.29, 0.717) is 17.9 Å². The molecule has 2 heterocycles. The van der Waals surface area contributed by atoms with Crippen molar-refractivity contribution in [1.82, 2.24) is 4.57 Å². The van der Waals surface area contributed by atoms with Gasteiger partial charge < -0.3 is 13.7 Å². The third-order valence-electron chi connectivity index (χ3n) is 3.69. The predicted molar refractivity (Wildman–Crippen MR) is 91.7 cm³/mol. The maximum Gasteiger partial charge on any atom is 0.349 e. The Morgan fingerprint density at radius 3 is 2.80 bits per heavy atom. The zero-order chi connectivity index (χ0) is 18.4. The molecule has 2 aromatic rings. The molecule has 6 nitrogen and oxygen atoms in total. The van der Waals surface area contributed by atoms with Gasteiger partial charge in [-0.2, -0.15) is 5.26 Å². The summed E-state index contributed by atoms with van der Waals surface area (Å²) in [5.41, 5.74) is 1.95. The van der Waals surface area contributed by atoms with Crippen LogP contribution < -0.4 is 0 Å². The molecule has 0 aromatic carbocycles. The van der Waals surface area contributed by atoms with Gasteiger partial charge in [0.25, 0.3) is 0 Å². The van der Waals surface area contributed by atoms with Crippen LogP contribution in [0.3, 0.4) is 0 Å². The summed E-state index contributed by atoms with van der Waals surface area (Å²) in [5, 5.41) is 9.06. The maximum absolute atomic E-state index is 12.3. The molecular weight excluding hydrogens is 320 g/mol. The smallest absolute Gasteiger partial charge is 0.349 e. The van der Waals surface area contributed by atoms with E-state index in [1.165, 1.54) is 12.3 Å². The number of ketones is 1. The van der Waals surface area contributed by atoms with Gasteiger partial charge in [-0.1, -0.05) is 6.08 Å². The minimum absolute atomic E-state index is 0.236. The fraction of sp³-hybridized carbons (Fsp3) is 0.211. The average molecular weight is 338 g/mol. The molecule has 2 rings (SSSR count). The predicted octanol–water partition coefficient (Wildman–Crippen LogP) is 3.22. The van der Waals surface area contributed by atoms with Gasteiger partial charge in [0.2, 0.25) is 5.78 Å². The van der Waals surface area contributed by atoms with E-state index in [0.717, 1.165) is 11.4 Å². The van der Waals surface area contributed by atoms with Crippen molar-refractivity contribution in [2.45, 2.75) is 20.4 Å². The summed E-state index contributed by atoms with van der Waals surface area (Å²) >= 11 is 0. The number of aryl methyl sites for hydroxylation is 1. The van der Waals surface area contributed by atoms with Gasteiger partial charge in [-0.05, 0) is 32.0 Å². The number of Topliss-reactive ketones (excluding diaryl/α,β-unsaturated/α-hetero) is 1. The zero-order valence-electron chi connectivity index (χ0n) is 14.1. The van der Waals surface area contributed by atoms with Gasteiger partial charge in [-0.25, -0.2) is 4.79 Å². The number of hydrogen-bond donors (Lipinski definition) is 0. The fourth-order valence-corrected chi connectivity index (χ4v) is 2.43. The van der Waals surface area contributed by atoms with Gasteiger partial charge in [-0.15, -0.1) is 6.58 Å². The van der Waals surface area contributed by atoms with Crippen LogP contribution in [0.1, 0.15) is 27.5 Å². The van der Waals surface area contributed by atoms with E-state index in [2.05, 4.69) is 6.58 Å². The second-order valence-corrected chi connectivity index (χ2v) is 5.37. The van der Waals surface area contributed by atoms with Crippen LogP contribution in [0.5, 0.6) is 0 Å². The van der Waals surface area contributed by atoms with E-state index in [-0.39, 0.29) is 11.4 Å². The minimum Gasteiger partial charge on any atom is -0.465 e. The minimum atomic E-state index is -0.868. The van der Waals surface area contributed by atoms with Crippen LogP contribution in [0.2, 0.25) is 0 Å². The lowest BCUT2D eigenvalue weighted by atomic mass is 10.1. The molecular formula is C19H18N2O4. The number of hydrogen-bond acceptors (Lipinski definition) is 5. The number of carbonyl (C=O) groups is 2. The van der Waals surface area contributed by atoms with E-state index in [1.807, 2.05) is 18.4 Å². The molecule has 0 aliphatic carbocycles. The van der Waals surface area contributed by atoms with Crippen LogP contribution in [-0.4, -0.2) is 22.9 Å². The summed E-state index contributed by atoms with van der Waals surface area (Å²) in [6, 6.07) is 6.73. The first-order valence-electron chi connectivity index (χ1n) is 7.61. The Morgan fingerprint density at radius 1 is 1.44 bits per heavy atom. The second kappa shape index (κ2) is 7.97. The van der Waals surface area contributed by atoms with Gasteiger partial charge in [0.15, 0.2) is 6.61 Å². The monoisotopic (exact) mass is 338 g/mol. The number of ether oxygens (including phenoxy) is 1. The number of furan rings is 1. The van der Waals surface area contributed by atoms with Crippen molar-refractivity contribution in [1.29, 1.82) is 5.26 Å². The molecule has 0 N–H and O–H groups in total. The molecule has 0 fully saturated rings. The van der Waals surface area contributed by atoms with Crippen molar-refractivity contribution in [3.05, 3.63) is 65.4 Å². The first-order valence-corrected chi connectivity index (χ1v) is 7.61. The normalized spacial score (nSPS) is 11.0. The van der Waals surface area contributed by atoms with Crippen LogP contribution >= 0.6 is 0 Å². The highest BCUT2D eigenvalue weighted by Gasteiger charge is 2.18. The summed E-state index contributed by atoms with van der Waals surface area (Å²) in [6.07, 6.45) is 4.43. The number of carbonyl (C=O) groups excluding carboxylic acids is 2. The lowest BCUT2D eigenvalue weighted by Gasteiger charge is -2.06. The summed E-state index contributed by atoms with van der Waals surface area (Å²) in [7, 11) is 0. The SMILES string of the molecule is C=CCn1c(C)cc(C(=O)COC(=O)/C(C#N)=C\c2ccco2)c1C. The molecule has 128 valence electrons. The number of nitriles is 1. The van der Waals surface area contributed by atoms with E-state index in [9.17, 15) is 9.59 Å². The van der Waals surface area contributed by atoms with Gasteiger partial charge in [0, 0.05) is 29.6 Å². The largest absolute Gasteiger partial charge is 0.465 e. The quantitative estimate of drug-likeness (QED) is 0.254. The maximum atomic E-state index is 12.3. The second-order valence-electron chi connectivity index (χ2n) is 5.37. The lowest BCUT2D eigenvalue weighted by molar-refractivity contribution is -0.137. The van der Waals surface area contributed by atoms with E-state index < -0.39 is 12.6 Å². The molecule has 0 saturated carbocycles. The Labute approximate surface area is 145 Å². The van der Waals surface area contributed by atoms with Gasteiger partial charge in [0.1, 0.15) is 17.4 Å². The van der Waals surface area contributed by atoms with E-state index in [1.54, 1.807) is 30.3 Å². The number of rotatable bonds is 7. The van der Waals surface area contributed by atoms with Crippen LogP contribution in [0.25, 0.3) is 6.08 Å². The number of nitrogens with zero attached hydrogens (tertiary/aromatic N) is 2. The Hall–Kier alpha value is -3.33. The van der Waals surface area contributed by atoms with Gasteiger partial charge in [-0.3, -0.25) is 4.79 Å². The Bertz CT molecular complexity index is 864. The molecule has 0 amide bonds. The highest BCUT2D eigenvalue weighted by molar-refractivity contribution is 6.02. The Morgan fingerprint density at radius 2 is 2.20 bits per heavy atom. The molecule has 0 aliphatic heterocycles. The van der Waals surface area contributed by atoms with Crippen molar-refractivity contribution >= 4 is 17.8 Å². The summed E-state index contributed by atoms with van der Waals surface area (Å²) in [6.45, 7) is 7.56. The molecule has 0 aliphatic rings. The number of allylic oxidation sites excluding steroid dienone is 1. The molecule has 25 heavy (non-hydrogen) atoms. The van der Waals surface area contributed by atoms with Crippen molar-refractivity contribution in [2.24, 2.45) is 0 Å². The van der Waals surface area contributed by atoms with Gasteiger partial charge >= 0.3 is 5.97 Å². The standard InChI is InChI=1S/C19H18N2O4/c1-4-7-21-13(2)9-17(14(21)3)18(22)12-25-19(23)15(11-20)10-16-6-5-8-24-16/h4-6,8-10H,1,7,12H2,2-3H3/b15-10-. The molecule has 2 aromatic heterocycles. The molecule has 0 spiro atoms. The van der Waals surface area contributed by atoms with Crippen molar-refractivity contribution in [2.75, 3.05) is 6.61 Å². The molecule has 0 radical (unpaired) electrons. The fourth-order valence-electron chi connectivity index (χ4n) is 2.43. The van der Waals surface area contributed by atoms with Crippen molar-refractivity contribution in [3.63, 3.8) is 0 Å². The third-order valence-corrected chi connectivity index (χ3v) is 3.69. The molecule has 0 bridgehead atoms. The van der Waals surface area contributed by atoms with E-state index in [4.69, 9.17) is 14.4 Å². The number of aromatic nitrogens is 1. The Balaban J connectivity index is 2.07.